The lowest BCUT2D eigenvalue weighted by Crippen LogP contribution is -2.35. The van der Waals surface area contributed by atoms with Gasteiger partial charge in [-0.3, -0.25) is 4.79 Å². The number of hydrogen-bond donors (Lipinski definition) is 2. The van der Waals surface area contributed by atoms with Gasteiger partial charge in [-0.15, -0.1) is 0 Å². The second-order valence-electron chi connectivity index (χ2n) is 7.96. The van der Waals surface area contributed by atoms with Gasteiger partial charge in [-0.2, -0.15) is 18.2 Å². The average molecular weight is 494 g/mol. The monoisotopic (exact) mass is 494 g/mol. The van der Waals surface area contributed by atoms with E-state index in [2.05, 4.69) is 15.2 Å². The van der Waals surface area contributed by atoms with Crippen LogP contribution in [0.3, 0.4) is 0 Å². The number of alkyl halides is 3. The van der Waals surface area contributed by atoms with Gasteiger partial charge in [0.2, 0.25) is 11.6 Å². The van der Waals surface area contributed by atoms with Gasteiger partial charge in [0.05, 0.1) is 18.8 Å². The molecule has 3 aromatic rings. The van der Waals surface area contributed by atoms with E-state index in [9.17, 15) is 18.0 Å². The predicted molar refractivity (Wildman–Crippen MR) is 123 cm³/mol. The molecule has 0 bridgehead atoms. The normalized spacial score (nSPS) is 14.2. The van der Waals surface area contributed by atoms with Crippen molar-refractivity contribution in [2.75, 3.05) is 38.7 Å². The summed E-state index contributed by atoms with van der Waals surface area (Å²) >= 11 is 0. The molecule has 0 amide bonds. The van der Waals surface area contributed by atoms with Crippen LogP contribution in [0.5, 0.6) is 5.88 Å². The lowest BCUT2D eigenvalue weighted by molar-refractivity contribution is -0.192. The number of nitrogens with one attached hydrogen (secondary N) is 1. The van der Waals surface area contributed by atoms with Crippen molar-refractivity contribution in [3.8, 4) is 17.0 Å². The molecule has 0 saturated carbocycles. The van der Waals surface area contributed by atoms with E-state index in [0.717, 1.165) is 49.4 Å². The molecular formula is C23H25F3N4O5. The first-order valence-electron chi connectivity index (χ1n) is 10.7. The van der Waals surface area contributed by atoms with Gasteiger partial charge < -0.3 is 24.5 Å². The third-order valence-electron chi connectivity index (χ3n) is 5.48. The molecule has 0 spiro atoms. The van der Waals surface area contributed by atoms with E-state index in [1.54, 1.807) is 13.3 Å². The minimum Gasteiger partial charge on any atom is -0.481 e. The van der Waals surface area contributed by atoms with Crippen LogP contribution in [0.15, 0.2) is 45.9 Å². The van der Waals surface area contributed by atoms with Crippen molar-refractivity contribution < 1.29 is 32.2 Å². The minimum absolute atomic E-state index is 0.107. The summed E-state index contributed by atoms with van der Waals surface area (Å²) in [6, 6.07) is 7.01. The molecule has 35 heavy (non-hydrogen) atoms. The summed E-state index contributed by atoms with van der Waals surface area (Å²) in [5.74, 6) is -0.824. The Bertz CT molecular complexity index is 1210. The number of carboxylic acids is 1. The molecule has 0 aliphatic carbocycles. The van der Waals surface area contributed by atoms with Crippen LogP contribution in [-0.2, 0) is 4.79 Å². The zero-order valence-electron chi connectivity index (χ0n) is 19.1. The van der Waals surface area contributed by atoms with Crippen LogP contribution >= 0.6 is 0 Å². The van der Waals surface area contributed by atoms with E-state index in [1.165, 1.54) is 12.3 Å². The minimum atomic E-state index is -5.08. The van der Waals surface area contributed by atoms with Crippen LogP contribution in [0, 0.1) is 5.92 Å². The van der Waals surface area contributed by atoms with Gasteiger partial charge in [-0.25, -0.2) is 9.78 Å². The highest BCUT2D eigenvalue weighted by Gasteiger charge is 2.38. The van der Waals surface area contributed by atoms with Gasteiger partial charge in [-0.05, 0) is 44.0 Å². The Kier molecular flexibility index (Phi) is 8.28. The van der Waals surface area contributed by atoms with E-state index in [1.807, 2.05) is 25.2 Å². The van der Waals surface area contributed by atoms with Crippen molar-refractivity contribution in [2.24, 2.45) is 5.92 Å². The second-order valence-corrected chi connectivity index (χ2v) is 7.96. The number of aliphatic carboxylic acids is 1. The number of nitrogens with zero attached hydrogens (tertiary/aromatic N) is 3. The van der Waals surface area contributed by atoms with Gasteiger partial charge in [0, 0.05) is 43.0 Å². The summed E-state index contributed by atoms with van der Waals surface area (Å²) in [6.07, 6.45) is 0.343. The molecular weight excluding hydrogens is 469 g/mol. The Morgan fingerprint density at radius 3 is 2.54 bits per heavy atom. The second kappa shape index (κ2) is 11.2. The molecule has 4 rings (SSSR count). The molecule has 2 N–H and O–H groups in total. The van der Waals surface area contributed by atoms with E-state index in [4.69, 9.17) is 24.0 Å². The number of piperidine rings is 1. The molecule has 1 saturated heterocycles. The fourth-order valence-electron chi connectivity index (χ4n) is 3.71. The Morgan fingerprint density at radius 1 is 1.29 bits per heavy atom. The number of fused-ring (bicyclic) bond motifs is 1. The van der Waals surface area contributed by atoms with Gasteiger partial charge >= 0.3 is 12.1 Å². The number of hydrogen-bond acceptors (Lipinski definition) is 8. The third kappa shape index (κ3) is 6.69. The smallest absolute Gasteiger partial charge is 0.481 e. The first-order chi connectivity index (χ1) is 16.6. The first kappa shape index (κ1) is 25.9. The Hall–Kier alpha value is -3.67. The summed E-state index contributed by atoms with van der Waals surface area (Å²) in [5, 5.41) is 11.0. The molecule has 12 heteroatoms. The molecule has 9 nitrogen and oxygen atoms in total. The fraction of sp³-hybridized carbons (Fsp3) is 0.391. The highest BCUT2D eigenvalue weighted by Crippen LogP contribution is 2.32. The quantitative estimate of drug-likeness (QED) is 0.551. The number of carbonyl (C=O) groups is 1. The molecule has 0 aromatic carbocycles. The van der Waals surface area contributed by atoms with E-state index in [-0.39, 0.29) is 5.43 Å². The molecule has 4 heterocycles. The number of anilines is 1. The SMILES string of the molecule is COc1ccc(-c2cc3c(=O)ccoc3nc2N(C)CC2CCNCC2)cn1.O=C(O)C(F)(F)F. The van der Waals surface area contributed by atoms with Crippen molar-refractivity contribution in [1.82, 2.24) is 15.3 Å². The predicted octanol–water partition coefficient (Wildman–Crippen LogP) is 3.33. The maximum absolute atomic E-state index is 12.3. The van der Waals surface area contributed by atoms with Crippen molar-refractivity contribution in [3.05, 3.63) is 46.9 Å². The summed E-state index contributed by atoms with van der Waals surface area (Å²) in [5.41, 5.74) is 1.98. The molecule has 3 aromatic heterocycles. The van der Waals surface area contributed by atoms with Crippen molar-refractivity contribution >= 4 is 22.9 Å². The standard InChI is InChI=1S/C21H24N4O3.C2HF3O2/c1-25(13-14-5-8-22-9-6-14)20-16(15-3-4-19(27-2)23-12-15)11-17-18(26)7-10-28-21(17)24-20;3-2(4,5)1(6)7/h3-4,7,10-12,14,22H,5-6,8-9,13H2,1-2H3;(H,6,7). The van der Waals surface area contributed by atoms with Crippen LogP contribution in [0.1, 0.15) is 12.8 Å². The van der Waals surface area contributed by atoms with Crippen LogP contribution < -0.4 is 20.4 Å². The molecule has 0 atom stereocenters. The summed E-state index contributed by atoms with van der Waals surface area (Å²) in [7, 11) is 3.63. The van der Waals surface area contributed by atoms with E-state index in [0.29, 0.717) is 22.9 Å². The van der Waals surface area contributed by atoms with Crippen LogP contribution in [0.25, 0.3) is 22.2 Å². The number of rotatable bonds is 5. The van der Waals surface area contributed by atoms with Crippen LogP contribution in [0.2, 0.25) is 0 Å². The molecule has 0 unspecified atom stereocenters. The zero-order valence-corrected chi connectivity index (χ0v) is 19.1. The lowest BCUT2D eigenvalue weighted by atomic mass is 9.97. The van der Waals surface area contributed by atoms with Crippen molar-refractivity contribution in [3.63, 3.8) is 0 Å². The summed E-state index contributed by atoms with van der Waals surface area (Å²) < 4.78 is 42.4. The Balaban J connectivity index is 0.000000429. The zero-order chi connectivity index (χ0) is 25.6. The molecule has 188 valence electrons. The molecule has 0 radical (unpaired) electrons. The van der Waals surface area contributed by atoms with Gasteiger partial charge in [0.1, 0.15) is 5.82 Å². The van der Waals surface area contributed by atoms with Crippen LogP contribution in [0.4, 0.5) is 19.0 Å². The van der Waals surface area contributed by atoms with Gasteiger partial charge in [0.25, 0.3) is 0 Å². The number of pyridine rings is 2. The van der Waals surface area contributed by atoms with Crippen molar-refractivity contribution in [1.29, 1.82) is 0 Å². The number of methoxy groups -OCH3 is 1. The van der Waals surface area contributed by atoms with E-state index < -0.39 is 12.1 Å². The van der Waals surface area contributed by atoms with E-state index >= 15 is 0 Å². The van der Waals surface area contributed by atoms with Gasteiger partial charge in [0.15, 0.2) is 5.43 Å². The largest absolute Gasteiger partial charge is 0.490 e. The lowest BCUT2D eigenvalue weighted by Gasteiger charge is -2.29. The third-order valence-corrected chi connectivity index (χ3v) is 5.48. The number of ether oxygens (including phenoxy) is 1. The molecule has 1 fully saturated rings. The maximum Gasteiger partial charge on any atom is 0.490 e. The van der Waals surface area contributed by atoms with Crippen molar-refractivity contribution in [2.45, 2.75) is 19.0 Å². The summed E-state index contributed by atoms with van der Waals surface area (Å²) in [6.45, 7) is 3.00. The fourth-order valence-corrected chi connectivity index (χ4v) is 3.71. The Labute approximate surface area is 198 Å². The summed E-state index contributed by atoms with van der Waals surface area (Å²) in [4.78, 5) is 32.4. The highest BCUT2D eigenvalue weighted by atomic mass is 19.4. The van der Waals surface area contributed by atoms with Crippen LogP contribution in [-0.4, -0.2) is 61.0 Å². The highest BCUT2D eigenvalue weighted by molar-refractivity contribution is 5.86. The number of carboxylic acid groups (broad SMARTS) is 1. The molecule has 1 aliphatic rings. The first-order valence-corrected chi connectivity index (χ1v) is 10.7. The number of aromatic nitrogens is 2. The Morgan fingerprint density at radius 2 is 1.97 bits per heavy atom. The molecule has 1 aliphatic heterocycles. The topological polar surface area (TPSA) is 118 Å². The number of halogens is 3. The van der Waals surface area contributed by atoms with Gasteiger partial charge in [-0.1, -0.05) is 0 Å². The average Bonchev–Trinajstić information content (AvgIpc) is 2.84. The maximum atomic E-state index is 12.3.